The number of hydrogen-bond donors (Lipinski definition) is 2. The fourth-order valence-electron chi connectivity index (χ4n) is 6.30. The van der Waals surface area contributed by atoms with Crippen molar-refractivity contribution in [3.63, 3.8) is 0 Å². The minimum Gasteiger partial charge on any atom is -0.481 e. The summed E-state index contributed by atoms with van der Waals surface area (Å²) in [6, 6.07) is 16.4. The number of fused-ring (bicyclic) bond motifs is 5. The maximum atomic E-state index is 13.5. The highest BCUT2D eigenvalue weighted by Gasteiger charge is 2.47. The molecule has 2 aromatic carbocycles. The van der Waals surface area contributed by atoms with Crippen molar-refractivity contribution in [2.45, 2.75) is 69.5 Å². The molecule has 7 heteroatoms. The van der Waals surface area contributed by atoms with E-state index in [2.05, 4.69) is 29.6 Å². The summed E-state index contributed by atoms with van der Waals surface area (Å²) in [5.74, 6) is -0.859. The van der Waals surface area contributed by atoms with Gasteiger partial charge in [0.2, 0.25) is 5.91 Å². The van der Waals surface area contributed by atoms with E-state index in [-0.39, 0.29) is 42.9 Å². The Morgan fingerprint density at radius 2 is 1.51 bits per heavy atom. The van der Waals surface area contributed by atoms with Gasteiger partial charge >= 0.3 is 12.1 Å². The van der Waals surface area contributed by atoms with Gasteiger partial charge in [-0.15, -0.1) is 0 Å². The average molecular weight is 477 g/mol. The minimum absolute atomic E-state index is 0.0363. The number of hydrogen-bond acceptors (Lipinski definition) is 4. The van der Waals surface area contributed by atoms with Crippen LogP contribution in [0.15, 0.2) is 48.5 Å². The molecule has 0 radical (unpaired) electrons. The lowest BCUT2D eigenvalue weighted by atomic mass is 9.87. The van der Waals surface area contributed by atoms with E-state index in [1.54, 1.807) is 13.8 Å². The lowest BCUT2D eigenvalue weighted by Crippen LogP contribution is -2.60. The zero-order chi connectivity index (χ0) is 24.7. The van der Waals surface area contributed by atoms with Gasteiger partial charge in [-0.25, -0.2) is 4.79 Å². The average Bonchev–Trinajstić information content (AvgIpc) is 3.27. The van der Waals surface area contributed by atoms with E-state index in [0.29, 0.717) is 12.8 Å². The van der Waals surface area contributed by atoms with Gasteiger partial charge in [0.25, 0.3) is 0 Å². The van der Waals surface area contributed by atoms with Crippen molar-refractivity contribution in [3.05, 3.63) is 59.7 Å². The molecule has 5 rings (SSSR count). The van der Waals surface area contributed by atoms with Crippen LogP contribution in [-0.4, -0.2) is 52.2 Å². The first-order chi connectivity index (χ1) is 16.7. The van der Waals surface area contributed by atoms with Gasteiger partial charge in [0.15, 0.2) is 0 Å². The molecule has 0 aromatic heterocycles. The summed E-state index contributed by atoms with van der Waals surface area (Å²) in [6.07, 6.45) is 2.71. The summed E-state index contributed by atoms with van der Waals surface area (Å²) in [7, 11) is 0. The fourth-order valence-corrected chi connectivity index (χ4v) is 6.30. The van der Waals surface area contributed by atoms with E-state index in [1.807, 2.05) is 29.2 Å². The molecule has 2 fully saturated rings. The Kier molecular flexibility index (Phi) is 6.03. The quantitative estimate of drug-likeness (QED) is 0.638. The molecule has 2 unspecified atom stereocenters. The summed E-state index contributed by atoms with van der Waals surface area (Å²) in [6.45, 7) is 3.61. The number of amides is 2. The molecule has 2 heterocycles. The van der Waals surface area contributed by atoms with Gasteiger partial charge in [-0.2, -0.15) is 0 Å². The van der Waals surface area contributed by atoms with E-state index >= 15 is 0 Å². The number of carbonyl (C=O) groups is 3. The zero-order valence-corrected chi connectivity index (χ0v) is 20.2. The number of carboxylic acids is 1. The minimum atomic E-state index is -1.12. The SMILES string of the molecule is CC(C)(NC(=O)OCC1c2ccccc2-c2ccccc21)C(=O)N1C2CCC1CC(CC(=O)O)C2. The molecule has 1 aliphatic carbocycles. The predicted octanol–water partition coefficient (Wildman–Crippen LogP) is 4.55. The largest absolute Gasteiger partial charge is 0.481 e. The number of ether oxygens (including phenoxy) is 1. The number of carbonyl (C=O) groups excluding carboxylic acids is 2. The standard InChI is InChI=1S/C28H32N2O5/c1-28(2,26(33)30-18-11-12-19(30)14-17(13-18)15-25(31)32)29-27(34)35-16-24-22-9-5-3-7-20(22)21-8-4-6-10-23(21)24/h3-10,17-19,24H,11-16H2,1-2H3,(H,29,34)(H,31,32). The molecule has 3 aliphatic rings. The lowest BCUT2D eigenvalue weighted by molar-refractivity contribution is -0.143. The first kappa shape index (κ1) is 23.4. The van der Waals surface area contributed by atoms with Crippen LogP contribution in [0.4, 0.5) is 4.79 Å². The Balaban J connectivity index is 1.22. The van der Waals surface area contributed by atoms with E-state index in [1.165, 1.54) is 0 Å². The number of aliphatic carboxylic acids is 1. The van der Waals surface area contributed by atoms with Crippen LogP contribution < -0.4 is 5.32 Å². The Morgan fingerprint density at radius 3 is 2.06 bits per heavy atom. The van der Waals surface area contributed by atoms with E-state index in [9.17, 15) is 14.4 Å². The maximum Gasteiger partial charge on any atom is 0.408 e. The van der Waals surface area contributed by atoms with Crippen molar-refractivity contribution < 1.29 is 24.2 Å². The zero-order valence-electron chi connectivity index (χ0n) is 20.2. The fraction of sp³-hybridized carbons (Fsp3) is 0.464. The van der Waals surface area contributed by atoms with Crippen LogP contribution in [0.1, 0.15) is 63.0 Å². The first-order valence-corrected chi connectivity index (χ1v) is 12.4. The van der Waals surface area contributed by atoms with Crippen molar-refractivity contribution in [1.29, 1.82) is 0 Å². The summed E-state index contributed by atoms with van der Waals surface area (Å²) < 4.78 is 5.66. The van der Waals surface area contributed by atoms with E-state index < -0.39 is 17.6 Å². The van der Waals surface area contributed by atoms with Crippen LogP contribution in [0.3, 0.4) is 0 Å². The summed E-state index contributed by atoms with van der Waals surface area (Å²) in [5, 5.41) is 11.9. The van der Waals surface area contributed by atoms with Crippen LogP contribution in [0, 0.1) is 5.92 Å². The first-order valence-electron chi connectivity index (χ1n) is 12.4. The van der Waals surface area contributed by atoms with Gasteiger partial charge in [-0.1, -0.05) is 48.5 Å². The summed E-state index contributed by atoms with van der Waals surface area (Å²) >= 11 is 0. The second-order valence-corrected chi connectivity index (χ2v) is 10.6. The molecule has 2 saturated heterocycles. The van der Waals surface area contributed by atoms with E-state index in [4.69, 9.17) is 9.84 Å². The molecule has 35 heavy (non-hydrogen) atoms. The van der Waals surface area contributed by atoms with Crippen molar-refractivity contribution in [3.8, 4) is 11.1 Å². The normalized spacial score (nSPS) is 22.9. The number of benzene rings is 2. The highest BCUT2D eigenvalue weighted by atomic mass is 16.5. The van der Waals surface area contributed by atoms with Crippen LogP contribution in [0.25, 0.3) is 11.1 Å². The molecule has 2 aromatic rings. The van der Waals surface area contributed by atoms with Crippen molar-refractivity contribution in [2.24, 2.45) is 5.92 Å². The summed E-state index contributed by atoms with van der Waals surface area (Å²) in [5.41, 5.74) is 3.47. The number of nitrogens with one attached hydrogen (secondary N) is 1. The molecule has 2 aliphatic heterocycles. The second kappa shape index (κ2) is 9.02. The third-order valence-corrected chi connectivity index (χ3v) is 7.82. The number of carboxylic acid groups (broad SMARTS) is 1. The van der Waals surface area contributed by atoms with Gasteiger partial charge in [-0.05, 0) is 67.7 Å². The number of nitrogens with zero attached hydrogens (tertiary/aromatic N) is 1. The van der Waals surface area contributed by atoms with Crippen molar-refractivity contribution in [2.75, 3.05) is 6.61 Å². The smallest absolute Gasteiger partial charge is 0.408 e. The molecule has 2 amide bonds. The molecule has 2 atom stereocenters. The molecule has 2 N–H and O–H groups in total. The summed E-state index contributed by atoms with van der Waals surface area (Å²) in [4.78, 5) is 39.3. The van der Waals surface area contributed by atoms with Crippen molar-refractivity contribution in [1.82, 2.24) is 10.2 Å². The van der Waals surface area contributed by atoms with Gasteiger partial charge in [-0.3, -0.25) is 9.59 Å². The Labute approximate surface area is 205 Å². The lowest BCUT2D eigenvalue weighted by Gasteiger charge is -2.42. The number of alkyl carbamates (subject to hydrolysis) is 1. The molecule has 7 nitrogen and oxygen atoms in total. The Bertz CT molecular complexity index is 1100. The second-order valence-electron chi connectivity index (χ2n) is 10.6. The monoisotopic (exact) mass is 476 g/mol. The molecule has 2 bridgehead atoms. The molecule has 0 saturated carbocycles. The molecule has 184 valence electrons. The van der Waals surface area contributed by atoms with Crippen LogP contribution in [0.5, 0.6) is 0 Å². The Morgan fingerprint density at radius 1 is 0.971 bits per heavy atom. The third-order valence-electron chi connectivity index (χ3n) is 7.82. The molecule has 0 spiro atoms. The van der Waals surface area contributed by atoms with Gasteiger partial charge < -0.3 is 20.1 Å². The maximum absolute atomic E-state index is 13.5. The highest BCUT2D eigenvalue weighted by molar-refractivity contribution is 5.90. The number of piperidine rings is 1. The third kappa shape index (κ3) is 4.40. The van der Waals surface area contributed by atoms with E-state index in [0.717, 1.165) is 35.1 Å². The molecular formula is C28H32N2O5. The van der Waals surface area contributed by atoms with Gasteiger partial charge in [0, 0.05) is 24.4 Å². The van der Waals surface area contributed by atoms with Crippen LogP contribution in [-0.2, 0) is 14.3 Å². The molecular weight excluding hydrogens is 444 g/mol. The topological polar surface area (TPSA) is 95.9 Å². The van der Waals surface area contributed by atoms with Gasteiger partial charge in [0.1, 0.15) is 12.1 Å². The number of rotatable bonds is 6. The Hall–Kier alpha value is -3.35. The van der Waals surface area contributed by atoms with Crippen molar-refractivity contribution >= 4 is 18.0 Å². The highest BCUT2D eigenvalue weighted by Crippen LogP contribution is 2.44. The van der Waals surface area contributed by atoms with Gasteiger partial charge in [0.05, 0.1) is 0 Å². The van der Waals surface area contributed by atoms with Crippen LogP contribution in [0.2, 0.25) is 0 Å². The predicted molar refractivity (Wildman–Crippen MR) is 131 cm³/mol. The van der Waals surface area contributed by atoms with Crippen LogP contribution >= 0.6 is 0 Å².